The van der Waals surface area contributed by atoms with E-state index in [0.29, 0.717) is 29.9 Å². The monoisotopic (exact) mass is 508 g/mol. The second-order valence-corrected chi connectivity index (χ2v) is 9.60. The van der Waals surface area contributed by atoms with E-state index in [9.17, 15) is 9.59 Å². The van der Waals surface area contributed by atoms with E-state index in [-0.39, 0.29) is 22.4 Å². The predicted octanol–water partition coefficient (Wildman–Crippen LogP) is 5.16. The number of likely N-dealkylation sites (N-methyl/N-ethyl adjacent to an activating group) is 1. The molecule has 0 radical (unpaired) electrons. The number of carbonyl (C=O) groups is 1. The zero-order valence-corrected chi connectivity index (χ0v) is 21.2. The summed E-state index contributed by atoms with van der Waals surface area (Å²) in [5.74, 6) is -0.286. The maximum atomic E-state index is 15.4. The molecule has 0 bridgehead atoms. The van der Waals surface area contributed by atoms with Crippen molar-refractivity contribution in [2.24, 2.45) is 0 Å². The molecular weight excluding hydrogens is 483 g/mol. The summed E-state index contributed by atoms with van der Waals surface area (Å²) in [4.78, 5) is 34.7. The Hall–Kier alpha value is -4.72. The first kappa shape index (κ1) is 23.7. The molecule has 1 aliphatic heterocycles. The number of anilines is 1. The summed E-state index contributed by atoms with van der Waals surface area (Å²) >= 11 is 0. The molecule has 3 heterocycles. The van der Waals surface area contributed by atoms with Crippen molar-refractivity contribution in [3.8, 4) is 17.2 Å². The van der Waals surface area contributed by atoms with Crippen LogP contribution in [-0.4, -0.2) is 48.0 Å². The number of halogens is 1. The van der Waals surface area contributed by atoms with Gasteiger partial charge in [-0.2, -0.15) is 0 Å². The van der Waals surface area contributed by atoms with Crippen molar-refractivity contribution < 1.29 is 13.9 Å². The molecule has 0 fully saturated rings. The maximum Gasteiger partial charge on any atom is 0.259 e. The van der Waals surface area contributed by atoms with Gasteiger partial charge in [0.05, 0.1) is 11.1 Å². The minimum atomic E-state index is -0.599. The zero-order chi connectivity index (χ0) is 26.6. The molecule has 6 rings (SSSR count). The topological polar surface area (TPSA) is 67.7 Å². The van der Waals surface area contributed by atoms with E-state index in [2.05, 4.69) is 4.98 Å². The van der Waals surface area contributed by atoms with Crippen LogP contribution in [0.2, 0.25) is 0 Å². The van der Waals surface area contributed by atoms with Crippen molar-refractivity contribution in [2.45, 2.75) is 6.42 Å². The molecule has 8 heteroatoms. The van der Waals surface area contributed by atoms with E-state index >= 15 is 4.39 Å². The van der Waals surface area contributed by atoms with Gasteiger partial charge in [-0.15, -0.1) is 0 Å². The Kier molecular flexibility index (Phi) is 5.60. The number of benzene rings is 3. The average molecular weight is 509 g/mol. The summed E-state index contributed by atoms with van der Waals surface area (Å²) in [7, 11) is 5.09. The van der Waals surface area contributed by atoms with Gasteiger partial charge >= 0.3 is 0 Å². The summed E-state index contributed by atoms with van der Waals surface area (Å²) in [5.41, 5.74) is 1.63. The van der Waals surface area contributed by atoms with Gasteiger partial charge in [0.1, 0.15) is 16.8 Å². The summed E-state index contributed by atoms with van der Waals surface area (Å²) in [5, 5.41) is 1.95. The van der Waals surface area contributed by atoms with Gasteiger partial charge in [0, 0.05) is 57.6 Å². The molecule has 0 saturated carbocycles. The van der Waals surface area contributed by atoms with Gasteiger partial charge in [-0.1, -0.05) is 36.4 Å². The lowest BCUT2D eigenvalue weighted by Gasteiger charge is -2.29. The quantitative estimate of drug-likeness (QED) is 0.322. The molecule has 0 N–H and O–H groups in total. The van der Waals surface area contributed by atoms with Crippen LogP contribution in [0, 0.1) is 5.82 Å². The second kappa shape index (κ2) is 8.99. The highest BCUT2D eigenvalue weighted by molar-refractivity contribution is 6.04. The molecule has 0 spiro atoms. The first-order valence-electron chi connectivity index (χ1n) is 12.3. The van der Waals surface area contributed by atoms with Crippen LogP contribution in [0.3, 0.4) is 0 Å². The normalized spacial score (nSPS) is 11.8. The number of hydrogen-bond donors (Lipinski definition) is 0. The highest BCUT2D eigenvalue weighted by atomic mass is 19.1. The van der Waals surface area contributed by atoms with Gasteiger partial charge in [-0.3, -0.25) is 14.6 Å². The number of hydrogen-bond acceptors (Lipinski definition) is 5. The van der Waals surface area contributed by atoms with E-state index in [1.165, 1.54) is 11.0 Å². The first-order chi connectivity index (χ1) is 18.3. The number of pyridine rings is 2. The predicted molar refractivity (Wildman–Crippen MR) is 146 cm³/mol. The number of nitrogens with zero attached hydrogens (tertiary/aromatic N) is 4. The first-order valence-corrected chi connectivity index (χ1v) is 12.3. The molecule has 1 amide bonds. The van der Waals surface area contributed by atoms with Crippen molar-refractivity contribution in [3.05, 3.63) is 100 Å². The molecule has 0 atom stereocenters. The average Bonchev–Trinajstić information content (AvgIpc) is 2.92. The standard InChI is InChI=1S/C30H25FN4O3/c1-33(2)27-23(31)16-21-26-29(27)38-24-12-11-18-8-4-5-10-20(18)25(24)35(26)17-22(28(21)36)30(37)34(3)15-13-19-9-6-7-14-32-19/h4-12,14,16-17H,13,15H2,1-3H3. The van der Waals surface area contributed by atoms with Crippen molar-refractivity contribution in [2.75, 3.05) is 32.6 Å². The maximum absolute atomic E-state index is 15.4. The van der Waals surface area contributed by atoms with E-state index in [4.69, 9.17) is 4.74 Å². The van der Waals surface area contributed by atoms with E-state index in [0.717, 1.165) is 16.5 Å². The number of ether oxygens (including phenoxy) is 1. The molecule has 3 aromatic carbocycles. The SMILES string of the molecule is CN(CCc1ccccn1)C(=O)c1cn2c3c(c(N(C)C)c(F)cc3c1=O)Oc1ccc3ccccc3c1-2. The van der Waals surface area contributed by atoms with E-state index in [1.807, 2.05) is 54.6 Å². The number of carbonyl (C=O) groups excluding carboxylic acids is 1. The van der Waals surface area contributed by atoms with Crippen LogP contribution in [-0.2, 0) is 6.42 Å². The van der Waals surface area contributed by atoms with Crippen molar-refractivity contribution in [3.63, 3.8) is 0 Å². The Morgan fingerprint density at radius 1 is 1.03 bits per heavy atom. The van der Waals surface area contributed by atoms with Gasteiger partial charge < -0.3 is 19.1 Å². The minimum absolute atomic E-state index is 0.0373. The summed E-state index contributed by atoms with van der Waals surface area (Å²) in [6.45, 7) is 0.370. The molecule has 2 aromatic heterocycles. The summed E-state index contributed by atoms with van der Waals surface area (Å²) < 4.78 is 23.5. The van der Waals surface area contributed by atoms with Gasteiger partial charge in [0.15, 0.2) is 17.3 Å². The third-order valence-electron chi connectivity index (χ3n) is 6.94. The Balaban J connectivity index is 1.57. The van der Waals surface area contributed by atoms with Crippen molar-refractivity contribution in [1.82, 2.24) is 14.5 Å². The number of rotatable bonds is 5. The fourth-order valence-corrected chi connectivity index (χ4v) is 5.07. The van der Waals surface area contributed by atoms with Crippen LogP contribution in [0.4, 0.5) is 10.1 Å². The lowest BCUT2D eigenvalue weighted by atomic mass is 10.0. The highest BCUT2D eigenvalue weighted by Gasteiger charge is 2.30. The Morgan fingerprint density at radius 2 is 1.82 bits per heavy atom. The second-order valence-electron chi connectivity index (χ2n) is 9.60. The molecule has 7 nitrogen and oxygen atoms in total. The third-order valence-corrected chi connectivity index (χ3v) is 6.94. The fourth-order valence-electron chi connectivity index (χ4n) is 5.07. The third kappa shape index (κ3) is 3.68. The lowest BCUT2D eigenvalue weighted by Crippen LogP contribution is -2.33. The summed E-state index contributed by atoms with van der Waals surface area (Å²) in [6.07, 6.45) is 3.81. The van der Waals surface area contributed by atoms with Crippen molar-refractivity contribution in [1.29, 1.82) is 0 Å². The van der Waals surface area contributed by atoms with Crippen LogP contribution in [0.5, 0.6) is 11.5 Å². The van der Waals surface area contributed by atoms with E-state index in [1.54, 1.807) is 43.0 Å². The zero-order valence-electron chi connectivity index (χ0n) is 21.2. The van der Waals surface area contributed by atoms with Crippen LogP contribution in [0.25, 0.3) is 27.4 Å². The van der Waals surface area contributed by atoms with Gasteiger partial charge in [0.25, 0.3) is 5.91 Å². The lowest BCUT2D eigenvalue weighted by molar-refractivity contribution is 0.0794. The van der Waals surface area contributed by atoms with Gasteiger partial charge in [-0.05, 0) is 29.7 Å². The molecule has 0 unspecified atom stereocenters. The van der Waals surface area contributed by atoms with Gasteiger partial charge in [0.2, 0.25) is 5.43 Å². The van der Waals surface area contributed by atoms with Crippen LogP contribution in [0.15, 0.2) is 77.9 Å². The largest absolute Gasteiger partial charge is 0.451 e. The molecule has 190 valence electrons. The summed E-state index contributed by atoms with van der Waals surface area (Å²) in [6, 6.07) is 18.4. The molecular formula is C30H25FN4O3. The number of fused-ring (bicyclic) bond motifs is 4. The van der Waals surface area contributed by atoms with Gasteiger partial charge in [-0.25, -0.2) is 4.39 Å². The Morgan fingerprint density at radius 3 is 2.58 bits per heavy atom. The van der Waals surface area contributed by atoms with Crippen LogP contribution >= 0.6 is 0 Å². The number of aromatic nitrogens is 2. The molecule has 0 saturated heterocycles. The smallest absolute Gasteiger partial charge is 0.259 e. The number of amides is 1. The molecule has 0 aliphatic carbocycles. The molecule has 5 aromatic rings. The van der Waals surface area contributed by atoms with Crippen LogP contribution < -0.4 is 15.1 Å². The van der Waals surface area contributed by atoms with E-state index < -0.39 is 17.2 Å². The highest BCUT2D eigenvalue weighted by Crippen LogP contribution is 2.47. The molecule has 38 heavy (non-hydrogen) atoms. The fraction of sp³-hybridized carbons (Fsp3) is 0.167. The van der Waals surface area contributed by atoms with Crippen LogP contribution in [0.1, 0.15) is 16.1 Å². The Bertz CT molecular complexity index is 1800. The minimum Gasteiger partial charge on any atom is -0.451 e. The molecule has 1 aliphatic rings. The van der Waals surface area contributed by atoms with Crippen molar-refractivity contribution >= 4 is 33.3 Å². The Labute approximate surface area is 218 Å².